The molecule has 0 aliphatic heterocycles. The van der Waals surface area contributed by atoms with Crippen molar-refractivity contribution in [2.24, 2.45) is 7.05 Å². The Balaban J connectivity index is 2.41. The number of halogens is 1. The van der Waals surface area contributed by atoms with Gasteiger partial charge in [-0.05, 0) is 52.3 Å². The SMILES string of the molecule is CCCNC(c1sccc1CC)c1c(Br)cnn1C. The van der Waals surface area contributed by atoms with E-state index in [1.807, 2.05) is 29.3 Å². The number of nitrogens with zero attached hydrogens (tertiary/aromatic N) is 2. The third-order valence-electron chi connectivity index (χ3n) is 3.23. The van der Waals surface area contributed by atoms with Gasteiger partial charge in [-0.15, -0.1) is 11.3 Å². The lowest BCUT2D eigenvalue weighted by molar-refractivity contribution is 0.555. The zero-order valence-corrected chi connectivity index (χ0v) is 14.0. The highest BCUT2D eigenvalue weighted by Gasteiger charge is 2.23. The number of thiophene rings is 1. The lowest BCUT2D eigenvalue weighted by Gasteiger charge is -2.20. The van der Waals surface area contributed by atoms with Gasteiger partial charge in [0, 0.05) is 11.9 Å². The van der Waals surface area contributed by atoms with Crippen molar-refractivity contribution in [1.82, 2.24) is 15.1 Å². The van der Waals surface area contributed by atoms with Crippen LogP contribution in [-0.2, 0) is 13.5 Å². The van der Waals surface area contributed by atoms with Crippen LogP contribution < -0.4 is 5.32 Å². The Hall–Kier alpha value is -0.650. The highest BCUT2D eigenvalue weighted by Crippen LogP contribution is 2.33. The predicted molar refractivity (Wildman–Crippen MR) is 84.7 cm³/mol. The Kier molecular flexibility index (Phi) is 5.19. The Labute approximate surface area is 127 Å². The van der Waals surface area contributed by atoms with Crippen molar-refractivity contribution < 1.29 is 0 Å². The number of hydrogen-bond acceptors (Lipinski definition) is 3. The molecule has 0 aromatic carbocycles. The number of nitrogens with one attached hydrogen (secondary N) is 1. The maximum absolute atomic E-state index is 4.34. The van der Waals surface area contributed by atoms with Crippen LogP contribution in [-0.4, -0.2) is 16.3 Å². The first-order valence-corrected chi connectivity index (χ1v) is 8.33. The van der Waals surface area contributed by atoms with Crippen LogP contribution in [0, 0.1) is 0 Å². The highest BCUT2D eigenvalue weighted by atomic mass is 79.9. The Bertz CT molecular complexity index is 513. The van der Waals surface area contributed by atoms with Crippen molar-refractivity contribution in [3.05, 3.63) is 38.3 Å². The smallest absolute Gasteiger partial charge is 0.0856 e. The first kappa shape index (κ1) is 14.8. The van der Waals surface area contributed by atoms with Gasteiger partial charge < -0.3 is 5.32 Å². The molecule has 1 N–H and O–H groups in total. The molecule has 1 unspecified atom stereocenters. The maximum atomic E-state index is 4.34. The van der Waals surface area contributed by atoms with Crippen molar-refractivity contribution in [2.75, 3.05) is 6.54 Å². The van der Waals surface area contributed by atoms with Crippen LogP contribution in [0.3, 0.4) is 0 Å². The minimum Gasteiger partial charge on any atom is -0.304 e. The molecule has 2 heterocycles. The molecule has 0 amide bonds. The van der Waals surface area contributed by atoms with Crippen LogP contribution in [0.5, 0.6) is 0 Å². The van der Waals surface area contributed by atoms with E-state index in [1.54, 1.807) is 0 Å². The first-order chi connectivity index (χ1) is 9.19. The third-order valence-corrected chi connectivity index (χ3v) is 4.87. The average Bonchev–Trinajstić information content (AvgIpc) is 3.00. The van der Waals surface area contributed by atoms with E-state index in [1.165, 1.54) is 16.1 Å². The summed E-state index contributed by atoms with van der Waals surface area (Å²) in [4.78, 5) is 1.40. The lowest BCUT2D eigenvalue weighted by atomic mass is 10.1. The molecule has 1 atom stereocenters. The summed E-state index contributed by atoms with van der Waals surface area (Å²) >= 11 is 5.45. The van der Waals surface area contributed by atoms with Gasteiger partial charge in [0.05, 0.1) is 22.4 Å². The van der Waals surface area contributed by atoms with E-state index in [4.69, 9.17) is 0 Å². The zero-order chi connectivity index (χ0) is 13.8. The molecule has 0 spiro atoms. The molecule has 0 aliphatic carbocycles. The predicted octanol–water partition coefficient (Wildman–Crippen LogP) is 3.90. The normalized spacial score (nSPS) is 12.8. The van der Waals surface area contributed by atoms with Gasteiger partial charge in [-0.25, -0.2) is 0 Å². The Morgan fingerprint density at radius 3 is 2.84 bits per heavy atom. The molecule has 0 saturated heterocycles. The molecular formula is C14H20BrN3S. The van der Waals surface area contributed by atoms with Crippen molar-refractivity contribution in [1.29, 1.82) is 0 Å². The molecule has 2 aromatic rings. The molecule has 3 nitrogen and oxygen atoms in total. The van der Waals surface area contributed by atoms with Crippen LogP contribution in [0.25, 0.3) is 0 Å². The fourth-order valence-electron chi connectivity index (χ4n) is 2.24. The molecule has 0 saturated carbocycles. The minimum atomic E-state index is 0.219. The molecule has 5 heteroatoms. The fourth-order valence-corrected chi connectivity index (χ4v) is 3.89. The van der Waals surface area contributed by atoms with E-state index in [0.717, 1.165) is 23.9 Å². The van der Waals surface area contributed by atoms with E-state index < -0.39 is 0 Å². The van der Waals surface area contributed by atoms with Gasteiger partial charge in [0.1, 0.15) is 0 Å². The molecular weight excluding hydrogens is 322 g/mol. The standard InChI is InChI=1S/C14H20BrN3S/c1-4-7-16-12(13-11(15)9-17-18(13)3)14-10(5-2)6-8-19-14/h6,8-9,12,16H,4-5,7H2,1-3H3. The second kappa shape index (κ2) is 6.68. The molecule has 104 valence electrons. The second-order valence-corrected chi connectivity index (χ2v) is 6.35. The van der Waals surface area contributed by atoms with E-state index in [-0.39, 0.29) is 6.04 Å². The van der Waals surface area contributed by atoms with E-state index in [2.05, 4.69) is 51.6 Å². The van der Waals surface area contributed by atoms with Crippen LogP contribution >= 0.6 is 27.3 Å². The van der Waals surface area contributed by atoms with Crippen LogP contribution in [0.4, 0.5) is 0 Å². The molecule has 19 heavy (non-hydrogen) atoms. The number of rotatable bonds is 6. The summed E-state index contributed by atoms with van der Waals surface area (Å²) in [5, 5.41) is 10.2. The highest BCUT2D eigenvalue weighted by molar-refractivity contribution is 9.10. The Morgan fingerprint density at radius 2 is 2.26 bits per heavy atom. The van der Waals surface area contributed by atoms with Gasteiger partial charge in [-0.1, -0.05) is 13.8 Å². The van der Waals surface area contributed by atoms with E-state index in [0.29, 0.717) is 0 Å². The van der Waals surface area contributed by atoms with Crippen molar-refractivity contribution in [2.45, 2.75) is 32.7 Å². The monoisotopic (exact) mass is 341 g/mol. The summed E-state index contributed by atoms with van der Waals surface area (Å²) in [6.45, 7) is 5.40. The van der Waals surface area contributed by atoms with E-state index in [9.17, 15) is 0 Å². The Morgan fingerprint density at radius 1 is 1.47 bits per heavy atom. The molecule has 0 bridgehead atoms. The summed E-state index contributed by atoms with van der Waals surface area (Å²) in [5.74, 6) is 0. The van der Waals surface area contributed by atoms with Crippen molar-refractivity contribution >= 4 is 27.3 Å². The topological polar surface area (TPSA) is 29.9 Å². The molecule has 0 fully saturated rings. The summed E-state index contributed by atoms with van der Waals surface area (Å²) in [6.07, 6.45) is 4.06. The van der Waals surface area contributed by atoms with Gasteiger partial charge in [0.25, 0.3) is 0 Å². The average molecular weight is 342 g/mol. The van der Waals surface area contributed by atoms with E-state index >= 15 is 0 Å². The quantitative estimate of drug-likeness (QED) is 0.863. The summed E-state index contributed by atoms with van der Waals surface area (Å²) in [6, 6.07) is 2.45. The van der Waals surface area contributed by atoms with Crippen molar-refractivity contribution in [3.8, 4) is 0 Å². The largest absolute Gasteiger partial charge is 0.304 e. The summed E-state index contributed by atoms with van der Waals surface area (Å²) < 4.78 is 3.02. The van der Waals surface area contributed by atoms with Crippen molar-refractivity contribution in [3.63, 3.8) is 0 Å². The third kappa shape index (κ3) is 3.09. The van der Waals surface area contributed by atoms with Gasteiger partial charge >= 0.3 is 0 Å². The summed E-state index contributed by atoms with van der Waals surface area (Å²) in [5.41, 5.74) is 2.62. The van der Waals surface area contributed by atoms with Gasteiger partial charge in [0.15, 0.2) is 0 Å². The van der Waals surface area contributed by atoms with Crippen LogP contribution in [0.15, 0.2) is 22.1 Å². The lowest BCUT2D eigenvalue weighted by Crippen LogP contribution is -2.25. The van der Waals surface area contributed by atoms with Crippen LogP contribution in [0.1, 0.15) is 42.4 Å². The fraction of sp³-hybridized carbons (Fsp3) is 0.500. The zero-order valence-electron chi connectivity index (χ0n) is 11.6. The number of hydrogen-bond donors (Lipinski definition) is 1. The second-order valence-electron chi connectivity index (χ2n) is 4.55. The first-order valence-electron chi connectivity index (χ1n) is 6.66. The maximum Gasteiger partial charge on any atom is 0.0856 e. The van der Waals surface area contributed by atoms with Gasteiger partial charge in [0.2, 0.25) is 0 Å². The summed E-state index contributed by atoms with van der Waals surface area (Å²) in [7, 11) is 2.00. The molecule has 0 aliphatic rings. The molecule has 0 radical (unpaired) electrons. The number of aromatic nitrogens is 2. The minimum absolute atomic E-state index is 0.219. The molecule has 2 rings (SSSR count). The molecule has 2 aromatic heterocycles. The van der Waals surface area contributed by atoms with Gasteiger partial charge in [-0.2, -0.15) is 5.10 Å². The van der Waals surface area contributed by atoms with Gasteiger partial charge in [-0.3, -0.25) is 4.68 Å². The van der Waals surface area contributed by atoms with Crippen LogP contribution in [0.2, 0.25) is 0 Å². The number of aryl methyl sites for hydroxylation is 2.